The van der Waals surface area contributed by atoms with E-state index >= 15 is 0 Å². The molecule has 7 heteroatoms. The summed E-state index contributed by atoms with van der Waals surface area (Å²) < 4.78 is 0. The third kappa shape index (κ3) is 5.34. The van der Waals surface area contributed by atoms with Crippen LogP contribution in [0.1, 0.15) is 26.2 Å². The van der Waals surface area contributed by atoms with Crippen LogP contribution in [0.3, 0.4) is 0 Å². The second-order valence-corrected chi connectivity index (χ2v) is 5.44. The number of urea groups is 1. The van der Waals surface area contributed by atoms with E-state index < -0.39 is 0 Å². The van der Waals surface area contributed by atoms with Gasteiger partial charge in [-0.3, -0.25) is 15.0 Å². The summed E-state index contributed by atoms with van der Waals surface area (Å²) >= 11 is 0. The van der Waals surface area contributed by atoms with Gasteiger partial charge in [0.1, 0.15) is 0 Å². The van der Waals surface area contributed by atoms with Crippen molar-refractivity contribution in [1.29, 1.82) is 0 Å². The van der Waals surface area contributed by atoms with Crippen LogP contribution >= 0.6 is 12.4 Å². The Kier molecular flexibility index (Phi) is 6.03. The van der Waals surface area contributed by atoms with E-state index in [4.69, 9.17) is 5.73 Å². The Morgan fingerprint density at radius 2 is 2.05 bits per heavy atom. The van der Waals surface area contributed by atoms with Gasteiger partial charge in [0.2, 0.25) is 5.91 Å². The maximum Gasteiger partial charge on any atom is 0.321 e. The van der Waals surface area contributed by atoms with Crippen molar-refractivity contribution in [2.24, 2.45) is 11.7 Å². The van der Waals surface area contributed by atoms with Crippen LogP contribution in [0, 0.1) is 5.92 Å². The summed E-state index contributed by atoms with van der Waals surface area (Å²) in [6.45, 7) is 4.00. The summed E-state index contributed by atoms with van der Waals surface area (Å²) in [6, 6.07) is 0.0636. The molecule has 2 unspecified atom stereocenters. The fraction of sp³-hybridized carbons (Fsp3) is 0.833. The lowest BCUT2D eigenvalue weighted by Crippen LogP contribution is -2.45. The number of hydrogen-bond donors (Lipinski definition) is 3. The summed E-state index contributed by atoms with van der Waals surface area (Å²) in [7, 11) is 0. The van der Waals surface area contributed by atoms with Gasteiger partial charge in [-0.15, -0.1) is 12.4 Å². The lowest BCUT2D eigenvalue weighted by molar-refractivity contribution is -0.120. The molecule has 2 fully saturated rings. The highest BCUT2D eigenvalue weighted by Gasteiger charge is 2.27. The highest BCUT2D eigenvalue weighted by Crippen LogP contribution is 2.19. The minimum atomic E-state index is -0.370. The van der Waals surface area contributed by atoms with Crippen molar-refractivity contribution in [3.63, 3.8) is 0 Å². The van der Waals surface area contributed by atoms with Crippen molar-refractivity contribution in [3.05, 3.63) is 0 Å². The van der Waals surface area contributed by atoms with E-state index in [1.807, 2.05) is 11.8 Å². The first-order valence-corrected chi connectivity index (χ1v) is 6.63. The van der Waals surface area contributed by atoms with Gasteiger partial charge < -0.3 is 11.1 Å². The molecule has 0 aromatic heterocycles. The Morgan fingerprint density at radius 3 is 2.58 bits per heavy atom. The van der Waals surface area contributed by atoms with Crippen molar-refractivity contribution in [1.82, 2.24) is 15.5 Å². The number of carbonyl (C=O) groups excluding carboxylic acids is 2. The third-order valence-corrected chi connectivity index (χ3v) is 3.59. The maximum absolute atomic E-state index is 11.6. The van der Waals surface area contributed by atoms with Gasteiger partial charge in [-0.2, -0.15) is 0 Å². The smallest absolute Gasteiger partial charge is 0.321 e. The van der Waals surface area contributed by atoms with Crippen molar-refractivity contribution < 1.29 is 9.59 Å². The van der Waals surface area contributed by atoms with Gasteiger partial charge in [0.05, 0.1) is 6.54 Å². The van der Waals surface area contributed by atoms with Gasteiger partial charge >= 0.3 is 6.03 Å². The van der Waals surface area contributed by atoms with Gasteiger partial charge in [0.15, 0.2) is 0 Å². The molecule has 2 aliphatic rings. The molecule has 1 heterocycles. The third-order valence-electron chi connectivity index (χ3n) is 3.59. The topological polar surface area (TPSA) is 87.5 Å². The fourth-order valence-corrected chi connectivity index (χ4v) is 2.25. The van der Waals surface area contributed by atoms with Crippen LogP contribution < -0.4 is 16.4 Å². The Hall–Kier alpha value is -0.850. The van der Waals surface area contributed by atoms with Crippen molar-refractivity contribution in [2.45, 2.75) is 38.3 Å². The van der Waals surface area contributed by atoms with Gasteiger partial charge in [-0.25, -0.2) is 4.79 Å². The van der Waals surface area contributed by atoms with E-state index in [9.17, 15) is 9.59 Å². The fourth-order valence-electron chi connectivity index (χ4n) is 2.25. The molecule has 4 N–H and O–H groups in total. The molecule has 2 rings (SSSR count). The molecule has 0 spiro atoms. The molecule has 1 saturated heterocycles. The van der Waals surface area contributed by atoms with E-state index in [2.05, 4.69) is 10.6 Å². The summed E-state index contributed by atoms with van der Waals surface area (Å²) in [5, 5.41) is 5.09. The molecule has 1 aliphatic heterocycles. The minimum absolute atomic E-state index is 0. The SMILES string of the molecule is CC(N)C1CCN(CC(=O)NC(=O)NC2CC2)C1.Cl. The molecule has 6 nitrogen and oxygen atoms in total. The number of nitrogens with two attached hydrogens (primary N) is 1. The van der Waals surface area contributed by atoms with Gasteiger partial charge in [-0.05, 0) is 38.6 Å². The predicted octanol–water partition coefficient (Wildman–Crippen LogP) is 0.0655. The number of imide groups is 1. The number of halogens is 1. The molecule has 0 aromatic rings. The average Bonchev–Trinajstić information content (AvgIpc) is 2.93. The molecule has 2 atom stereocenters. The highest BCUT2D eigenvalue weighted by molar-refractivity contribution is 5.95. The molecule has 3 amide bonds. The standard InChI is InChI=1S/C12H22N4O2.ClH/c1-8(13)9-4-5-16(6-9)7-11(17)15-12(18)14-10-2-3-10;/h8-10H,2-7,13H2,1H3,(H2,14,15,17,18);1H. The Morgan fingerprint density at radius 1 is 1.37 bits per heavy atom. The molecule has 0 bridgehead atoms. The molecule has 1 saturated carbocycles. The zero-order chi connectivity index (χ0) is 13.1. The largest absolute Gasteiger partial charge is 0.335 e. The van der Waals surface area contributed by atoms with Crippen LogP contribution in [0.2, 0.25) is 0 Å². The zero-order valence-electron chi connectivity index (χ0n) is 11.2. The van der Waals surface area contributed by atoms with Crippen molar-refractivity contribution >= 4 is 24.3 Å². The zero-order valence-corrected chi connectivity index (χ0v) is 12.0. The Bertz CT molecular complexity index is 334. The monoisotopic (exact) mass is 290 g/mol. The highest BCUT2D eigenvalue weighted by atomic mass is 35.5. The molecule has 0 radical (unpaired) electrons. The second kappa shape index (κ2) is 7.07. The maximum atomic E-state index is 11.6. The number of carbonyl (C=O) groups is 2. The Balaban J connectivity index is 0.00000180. The predicted molar refractivity (Wildman–Crippen MR) is 75.1 cm³/mol. The van der Waals surface area contributed by atoms with E-state index in [1.165, 1.54) is 0 Å². The minimum Gasteiger partial charge on any atom is -0.335 e. The lowest BCUT2D eigenvalue weighted by atomic mass is 10.0. The number of rotatable bonds is 4. The van der Waals surface area contributed by atoms with Crippen LogP contribution in [0.25, 0.3) is 0 Å². The molecular formula is C12H23ClN4O2. The van der Waals surface area contributed by atoms with Crippen LogP contribution in [0.5, 0.6) is 0 Å². The molecule has 0 aromatic carbocycles. The van der Waals surface area contributed by atoms with Crippen LogP contribution in [0.15, 0.2) is 0 Å². The summed E-state index contributed by atoms with van der Waals surface area (Å²) in [5.41, 5.74) is 5.84. The van der Waals surface area contributed by atoms with Crippen LogP contribution in [-0.2, 0) is 4.79 Å². The number of nitrogens with zero attached hydrogens (tertiary/aromatic N) is 1. The molecule has 1 aliphatic carbocycles. The number of likely N-dealkylation sites (tertiary alicyclic amines) is 1. The quantitative estimate of drug-likeness (QED) is 0.683. The summed E-state index contributed by atoms with van der Waals surface area (Å²) in [5.74, 6) is 0.219. The lowest BCUT2D eigenvalue weighted by Gasteiger charge is -2.17. The molecular weight excluding hydrogens is 268 g/mol. The molecule has 19 heavy (non-hydrogen) atoms. The Labute approximate surface area is 119 Å². The van der Waals surface area contributed by atoms with E-state index in [0.717, 1.165) is 32.4 Å². The van der Waals surface area contributed by atoms with Crippen LogP contribution in [-0.4, -0.2) is 48.6 Å². The first kappa shape index (κ1) is 16.2. The summed E-state index contributed by atoms with van der Waals surface area (Å²) in [4.78, 5) is 25.1. The van der Waals surface area contributed by atoms with Gasteiger partial charge in [0.25, 0.3) is 0 Å². The van der Waals surface area contributed by atoms with Crippen LogP contribution in [0.4, 0.5) is 4.79 Å². The van der Waals surface area contributed by atoms with Crippen molar-refractivity contribution in [3.8, 4) is 0 Å². The average molecular weight is 291 g/mol. The number of nitrogens with one attached hydrogen (secondary N) is 2. The number of amides is 3. The number of hydrogen-bond acceptors (Lipinski definition) is 4. The van der Waals surface area contributed by atoms with Crippen molar-refractivity contribution in [2.75, 3.05) is 19.6 Å². The summed E-state index contributed by atoms with van der Waals surface area (Å²) in [6.07, 6.45) is 3.06. The van der Waals surface area contributed by atoms with E-state index in [0.29, 0.717) is 5.92 Å². The first-order chi connectivity index (χ1) is 8.54. The normalized spacial score (nSPS) is 24.4. The van der Waals surface area contributed by atoms with Gasteiger partial charge in [-0.1, -0.05) is 0 Å². The van der Waals surface area contributed by atoms with E-state index in [-0.39, 0.29) is 43.0 Å². The van der Waals surface area contributed by atoms with Gasteiger partial charge in [0, 0.05) is 18.6 Å². The molecule has 110 valence electrons. The first-order valence-electron chi connectivity index (χ1n) is 6.63. The van der Waals surface area contributed by atoms with E-state index in [1.54, 1.807) is 0 Å². The second-order valence-electron chi connectivity index (χ2n) is 5.44.